The minimum atomic E-state index is -0.0803. The molecule has 0 aliphatic heterocycles. The van der Waals surface area contributed by atoms with Crippen LogP contribution < -0.4 is 4.90 Å². The average Bonchev–Trinajstić information content (AvgIpc) is 3.75. The smallest absolute Gasteiger partial charge is 0.0476 e. The Balaban J connectivity index is 0.995. The Kier molecular flexibility index (Phi) is 7.77. The maximum Gasteiger partial charge on any atom is 0.0476 e. The predicted molar refractivity (Wildman–Crippen MR) is 245 cm³/mol. The molecule has 270 valence electrons. The first-order valence-corrected chi connectivity index (χ1v) is 20.6. The predicted octanol–water partition coefficient (Wildman–Crippen LogP) is 16.0. The monoisotopic (exact) mass is 745 g/mol. The van der Waals surface area contributed by atoms with Gasteiger partial charge in [0.25, 0.3) is 0 Å². The normalized spacial score (nSPS) is 12.9. The van der Waals surface area contributed by atoms with Gasteiger partial charge in [0.1, 0.15) is 0 Å². The molecule has 9 aromatic carbocycles. The second-order valence-corrected chi connectivity index (χ2v) is 16.8. The van der Waals surface area contributed by atoms with Gasteiger partial charge in [0.15, 0.2) is 0 Å². The molecule has 1 heterocycles. The van der Waals surface area contributed by atoms with E-state index in [0.717, 1.165) is 17.1 Å². The summed E-state index contributed by atoms with van der Waals surface area (Å²) < 4.78 is 2.61. The van der Waals surface area contributed by atoms with Gasteiger partial charge in [0, 0.05) is 42.6 Å². The summed E-state index contributed by atoms with van der Waals surface area (Å²) in [6.07, 6.45) is 0. The van der Waals surface area contributed by atoms with Crippen LogP contribution in [0.25, 0.3) is 75.5 Å². The van der Waals surface area contributed by atoms with Gasteiger partial charge < -0.3 is 4.90 Å². The highest BCUT2D eigenvalue weighted by Gasteiger charge is 2.37. The highest BCUT2D eigenvalue weighted by atomic mass is 32.1. The van der Waals surface area contributed by atoms with Crippen LogP contribution in [0.15, 0.2) is 200 Å². The Bertz CT molecular complexity index is 3140. The van der Waals surface area contributed by atoms with Gasteiger partial charge in [-0.2, -0.15) is 0 Å². The third-order valence-electron chi connectivity index (χ3n) is 12.1. The van der Waals surface area contributed by atoms with Crippen molar-refractivity contribution in [3.8, 4) is 44.5 Å². The number of hydrogen-bond donors (Lipinski definition) is 0. The molecule has 1 aromatic heterocycles. The summed E-state index contributed by atoms with van der Waals surface area (Å²) in [5.74, 6) is 0. The third-order valence-corrected chi connectivity index (χ3v) is 13.2. The Hall–Kier alpha value is -6.74. The first kappa shape index (κ1) is 33.6. The molecule has 1 nitrogen and oxygen atoms in total. The number of thiophene rings is 1. The van der Waals surface area contributed by atoms with Crippen molar-refractivity contribution < 1.29 is 0 Å². The topological polar surface area (TPSA) is 3.24 Å². The molecule has 0 spiro atoms. The van der Waals surface area contributed by atoms with E-state index in [4.69, 9.17) is 0 Å². The first-order chi connectivity index (χ1) is 28.0. The highest BCUT2D eigenvalue weighted by Crippen LogP contribution is 2.52. The van der Waals surface area contributed by atoms with Crippen LogP contribution in [0.4, 0.5) is 17.1 Å². The number of fused-ring (bicyclic) bond motifs is 7. The fourth-order valence-corrected chi connectivity index (χ4v) is 10.5. The Labute approximate surface area is 337 Å². The fourth-order valence-electron chi connectivity index (χ4n) is 9.33. The van der Waals surface area contributed by atoms with E-state index in [2.05, 4.69) is 219 Å². The Morgan fingerprint density at radius 2 is 0.947 bits per heavy atom. The molecule has 0 atom stereocenters. The summed E-state index contributed by atoms with van der Waals surface area (Å²) in [7, 11) is 0. The van der Waals surface area contributed by atoms with E-state index in [1.54, 1.807) is 0 Å². The quantitative estimate of drug-likeness (QED) is 0.164. The number of hydrogen-bond acceptors (Lipinski definition) is 2. The number of benzene rings is 9. The van der Waals surface area contributed by atoms with Crippen LogP contribution in [0.3, 0.4) is 0 Å². The lowest BCUT2D eigenvalue weighted by Crippen LogP contribution is -2.16. The first-order valence-electron chi connectivity index (χ1n) is 19.8. The van der Waals surface area contributed by atoms with Gasteiger partial charge >= 0.3 is 0 Å². The minimum Gasteiger partial charge on any atom is -0.310 e. The van der Waals surface area contributed by atoms with Crippen molar-refractivity contribution in [1.29, 1.82) is 0 Å². The van der Waals surface area contributed by atoms with Gasteiger partial charge in [-0.3, -0.25) is 0 Å². The summed E-state index contributed by atoms with van der Waals surface area (Å²) in [6.45, 7) is 4.73. The second kappa shape index (κ2) is 13.2. The third kappa shape index (κ3) is 5.51. The lowest BCUT2D eigenvalue weighted by molar-refractivity contribution is 0.662. The Morgan fingerprint density at radius 1 is 0.368 bits per heavy atom. The summed E-state index contributed by atoms with van der Waals surface area (Å²) in [5, 5.41) is 5.15. The summed E-state index contributed by atoms with van der Waals surface area (Å²) >= 11 is 1.86. The van der Waals surface area contributed by atoms with Crippen LogP contribution in [-0.4, -0.2) is 0 Å². The van der Waals surface area contributed by atoms with E-state index in [9.17, 15) is 0 Å². The van der Waals surface area contributed by atoms with E-state index in [-0.39, 0.29) is 5.41 Å². The zero-order chi connectivity index (χ0) is 38.1. The largest absolute Gasteiger partial charge is 0.310 e. The molecule has 0 unspecified atom stereocenters. The van der Waals surface area contributed by atoms with Crippen LogP contribution in [0.2, 0.25) is 0 Å². The molecule has 0 saturated carbocycles. The average molecular weight is 746 g/mol. The molecular formula is C55H39NS. The summed E-state index contributed by atoms with van der Waals surface area (Å²) in [6, 6.07) is 73.8. The van der Waals surface area contributed by atoms with Crippen LogP contribution in [0.1, 0.15) is 25.0 Å². The zero-order valence-corrected chi connectivity index (χ0v) is 32.7. The molecule has 0 saturated heterocycles. The van der Waals surface area contributed by atoms with Crippen LogP contribution in [0.5, 0.6) is 0 Å². The van der Waals surface area contributed by atoms with Crippen LogP contribution in [-0.2, 0) is 5.41 Å². The standard InChI is InChI=1S/C55H39NS/c1-55(2)51-22-7-5-17-47(51)50-21-11-20-46(54(50)55)38-26-30-42(31-27-38)56(43-32-33-49-48-18-6-8-23-52(48)57-53(49)35-43)41-28-24-36(25-29-41)39-14-9-15-40(34-39)45-19-10-13-37-12-3-4-16-44(37)45/h3-35H,1-2H3. The molecule has 10 aromatic rings. The number of anilines is 3. The molecule has 0 amide bonds. The molecular weight excluding hydrogens is 707 g/mol. The summed E-state index contributed by atoms with van der Waals surface area (Å²) in [5.41, 5.74) is 16.2. The molecule has 0 fully saturated rings. The van der Waals surface area contributed by atoms with Crippen molar-refractivity contribution in [2.45, 2.75) is 19.3 Å². The molecule has 2 heteroatoms. The molecule has 0 bridgehead atoms. The van der Waals surface area contributed by atoms with E-state index in [0.29, 0.717) is 0 Å². The zero-order valence-electron chi connectivity index (χ0n) is 31.9. The minimum absolute atomic E-state index is 0.0803. The van der Waals surface area contributed by atoms with Crippen LogP contribution in [0, 0.1) is 0 Å². The van der Waals surface area contributed by atoms with E-state index < -0.39 is 0 Å². The van der Waals surface area contributed by atoms with Gasteiger partial charge in [-0.1, -0.05) is 166 Å². The van der Waals surface area contributed by atoms with E-state index in [1.807, 2.05) is 11.3 Å². The van der Waals surface area contributed by atoms with Crippen molar-refractivity contribution in [3.63, 3.8) is 0 Å². The lowest BCUT2D eigenvalue weighted by Gasteiger charge is -2.27. The summed E-state index contributed by atoms with van der Waals surface area (Å²) in [4.78, 5) is 2.40. The van der Waals surface area contributed by atoms with Gasteiger partial charge in [-0.15, -0.1) is 11.3 Å². The number of nitrogens with zero attached hydrogens (tertiary/aromatic N) is 1. The van der Waals surface area contributed by atoms with Crippen molar-refractivity contribution in [1.82, 2.24) is 0 Å². The molecule has 0 radical (unpaired) electrons. The SMILES string of the molecule is CC1(C)c2ccccc2-c2cccc(-c3ccc(N(c4ccc(-c5cccc(-c6cccc7ccccc67)c5)cc4)c4ccc5c(c4)sc4ccccc45)cc3)c21. The molecule has 1 aliphatic rings. The van der Waals surface area contributed by atoms with E-state index in [1.165, 1.54) is 86.6 Å². The maximum absolute atomic E-state index is 2.40. The Morgan fingerprint density at radius 3 is 1.79 bits per heavy atom. The second-order valence-electron chi connectivity index (χ2n) is 15.7. The van der Waals surface area contributed by atoms with Crippen molar-refractivity contribution in [3.05, 3.63) is 211 Å². The molecule has 11 rings (SSSR count). The molecule has 0 N–H and O–H groups in total. The van der Waals surface area contributed by atoms with Gasteiger partial charge in [-0.25, -0.2) is 0 Å². The maximum atomic E-state index is 2.40. The van der Waals surface area contributed by atoms with Gasteiger partial charge in [0.05, 0.1) is 0 Å². The lowest BCUT2D eigenvalue weighted by atomic mass is 9.79. The highest BCUT2D eigenvalue weighted by molar-refractivity contribution is 7.25. The number of rotatable bonds is 6. The molecule has 1 aliphatic carbocycles. The van der Waals surface area contributed by atoms with Gasteiger partial charge in [0.2, 0.25) is 0 Å². The van der Waals surface area contributed by atoms with E-state index >= 15 is 0 Å². The van der Waals surface area contributed by atoms with Crippen molar-refractivity contribution in [2.75, 3.05) is 4.90 Å². The molecule has 57 heavy (non-hydrogen) atoms. The fraction of sp³-hybridized carbons (Fsp3) is 0.0545. The van der Waals surface area contributed by atoms with Crippen molar-refractivity contribution in [2.24, 2.45) is 0 Å². The van der Waals surface area contributed by atoms with Crippen LogP contribution >= 0.6 is 11.3 Å². The van der Waals surface area contributed by atoms with Crippen molar-refractivity contribution >= 4 is 59.3 Å². The van der Waals surface area contributed by atoms with Gasteiger partial charge in [-0.05, 0) is 115 Å².